The smallest absolute Gasteiger partial charge is 0.128 e. The number of nitrogens with zero attached hydrogens (tertiary/aromatic N) is 1. The molecule has 0 radical (unpaired) electrons. The van der Waals surface area contributed by atoms with E-state index in [1.165, 1.54) is 6.07 Å². The molecule has 0 amide bonds. The summed E-state index contributed by atoms with van der Waals surface area (Å²) in [4.78, 5) is 4.14. The second-order valence-electron chi connectivity index (χ2n) is 4.67. The van der Waals surface area contributed by atoms with Crippen molar-refractivity contribution >= 4 is 0 Å². The quantitative estimate of drug-likeness (QED) is 0.909. The van der Waals surface area contributed by atoms with Gasteiger partial charge in [0.25, 0.3) is 0 Å². The lowest BCUT2D eigenvalue weighted by atomic mass is 9.93. The van der Waals surface area contributed by atoms with Crippen molar-refractivity contribution in [3.63, 3.8) is 0 Å². The zero-order valence-electron chi connectivity index (χ0n) is 11.6. The van der Waals surface area contributed by atoms with Crippen LogP contribution in [-0.4, -0.2) is 12.0 Å². The summed E-state index contributed by atoms with van der Waals surface area (Å²) in [5, 5.41) is 3.21. The van der Waals surface area contributed by atoms with Crippen molar-refractivity contribution in [2.75, 3.05) is 7.05 Å². The highest BCUT2D eigenvalue weighted by atomic mass is 19.1. The summed E-state index contributed by atoms with van der Waals surface area (Å²) in [7, 11) is 1.85. The molecule has 1 atom stereocenters. The largest absolute Gasteiger partial charge is 0.309 e. The van der Waals surface area contributed by atoms with Crippen LogP contribution >= 0.6 is 0 Å². The Bertz CT molecular complexity index is 566. The van der Waals surface area contributed by atoms with Crippen LogP contribution in [0.4, 0.5) is 4.39 Å². The zero-order chi connectivity index (χ0) is 13.8. The molecule has 2 nitrogen and oxygen atoms in total. The average Bonchev–Trinajstić information content (AvgIpc) is 2.44. The first kappa shape index (κ1) is 13.7. The molecule has 0 bridgehead atoms. The van der Waals surface area contributed by atoms with Gasteiger partial charge >= 0.3 is 0 Å². The Hall–Kier alpha value is -1.74. The first-order valence-electron chi connectivity index (χ1n) is 6.53. The lowest BCUT2D eigenvalue weighted by Gasteiger charge is -2.21. The number of benzene rings is 1. The number of pyridine rings is 1. The highest BCUT2D eigenvalue weighted by Gasteiger charge is 2.18. The molecule has 100 valence electrons. The molecule has 2 aromatic rings. The van der Waals surface area contributed by atoms with E-state index in [0.29, 0.717) is 5.56 Å². The van der Waals surface area contributed by atoms with E-state index in [4.69, 9.17) is 0 Å². The van der Waals surface area contributed by atoms with Crippen LogP contribution in [0, 0.1) is 12.7 Å². The van der Waals surface area contributed by atoms with Gasteiger partial charge in [-0.3, -0.25) is 4.98 Å². The van der Waals surface area contributed by atoms with Crippen LogP contribution < -0.4 is 5.32 Å². The lowest BCUT2D eigenvalue weighted by Crippen LogP contribution is -2.20. The number of aryl methyl sites for hydroxylation is 2. The van der Waals surface area contributed by atoms with E-state index >= 15 is 0 Å². The summed E-state index contributed by atoms with van der Waals surface area (Å²) in [5.41, 5.74) is 3.97. The minimum atomic E-state index is -0.177. The zero-order valence-corrected chi connectivity index (χ0v) is 11.6. The second kappa shape index (κ2) is 5.93. The standard InChI is InChI=1S/C16H19FN2/c1-4-12-10-19-8-7-13(12)16(18-3)14-9-11(2)5-6-15(14)17/h5-10,16,18H,4H2,1-3H3. The molecule has 1 unspecified atom stereocenters. The fraction of sp³-hybridized carbons (Fsp3) is 0.312. The summed E-state index contributed by atoms with van der Waals surface area (Å²) in [6.45, 7) is 4.06. The molecule has 3 heteroatoms. The van der Waals surface area contributed by atoms with Crippen molar-refractivity contribution in [1.82, 2.24) is 10.3 Å². The SMILES string of the molecule is CCc1cnccc1C(NC)c1cc(C)ccc1F. The summed E-state index contributed by atoms with van der Waals surface area (Å²) < 4.78 is 14.1. The molecule has 0 saturated carbocycles. The minimum absolute atomic E-state index is 0.141. The third-order valence-electron chi connectivity index (χ3n) is 3.38. The van der Waals surface area contributed by atoms with Crippen LogP contribution in [0.1, 0.15) is 35.2 Å². The number of aromatic nitrogens is 1. The Labute approximate surface area is 113 Å². The van der Waals surface area contributed by atoms with E-state index in [9.17, 15) is 4.39 Å². The molecule has 1 aromatic heterocycles. The van der Waals surface area contributed by atoms with Crippen LogP contribution in [-0.2, 0) is 6.42 Å². The maximum atomic E-state index is 14.1. The monoisotopic (exact) mass is 258 g/mol. The number of rotatable bonds is 4. The van der Waals surface area contributed by atoms with Gasteiger partial charge in [-0.1, -0.05) is 24.6 Å². The topological polar surface area (TPSA) is 24.9 Å². The van der Waals surface area contributed by atoms with E-state index in [2.05, 4.69) is 17.2 Å². The molecule has 1 heterocycles. The maximum absolute atomic E-state index is 14.1. The highest BCUT2D eigenvalue weighted by molar-refractivity contribution is 5.38. The van der Waals surface area contributed by atoms with Gasteiger partial charge in [-0.15, -0.1) is 0 Å². The summed E-state index contributed by atoms with van der Waals surface area (Å²) in [6.07, 6.45) is 4.49. The molecule has 0 aliphatic heterocycles. The average molecular weight is 258 g/mol. The van der Waals surface area contributed by atoms with Gasteiger partial charge in [0.2, 0.25) is 0 Å². The van der Waals surface area contributed by atoms with Gasteiger partial charge in [0.1, 0.15) is 5.82 Å². The van der Waals surface area contributed by atoms with Gasteiger partial charge in [-0.2, -0.15) is 0 Å². The Morgan fingerprint density at radius 2 is 2.05 bits per heavy atom. The Balaban J connectivity index is 2.53. The van der Waals surface area contributed by atoms with Crippen molar-refractivity contribution in [3.05, 3.63) is 64.7 Å². The van der Waals surface area contributed by atoms with Crippen LogP contribution in [0.3, 0.4) is 0 Å². The Morgan fingerprint density at radius 3 is 2.74 bits per heavy atom. The van der Waals surface area contributed by atoms with Crippen molar-refractivity contribution in [1.29, 1.82) is 0 Å². The van der Waals surface area contributed by atoms with Crippen molar-refractivity contribution in [3.8, 4) is 0 Å². The van der Waals surface area contributed by atoms with Crippen LogP contribution in [0.25, 0.3) is 0 Å². The fourth-order valence-corrected chi connectivity index (χ4v) is 2.38. The second-order valence-corrected chi connectivity index (χ2v) is 4.67. The molecule has 19 heavy (non-hydrogen) atoms. The third-order valence-corrected chi connectivity index (χ3v) is 3.38. The van der Waals surface area contributed by atoms with Crippen LogP contribution in [0.2, 0.25) is 0 Å². The van der Waals surface area contributed by atoms with E-state index < -0.39 is 0 Å². The predicted molar refractivity (Wildman–Crippen MR) is 75.7 cm³/mol. The molecule has 1 N–H and O–H groups in total. The maximum Gasteiger partial charge on any atom is 0.128 e. The molecule has 0 saturated heterocycles. The Kier molecular flexibility index (Phi) is 4.27. The summed E-state index contributed by atoms with van der Waals surface area (Å²) in [6, 6.07) is 7.04. The normalized spacial score (nSPS) is 12.4. The van der Waals surface area contributed by atoms with Crippen LogP contribution in [0.5, 0.6) is 0 Å². The number of nitrogens with one attached hydrogen (secondary N) is 1. The van der Waals surface area contributed by atoms with Crippen molar-refractivity contribution < 1.29 is 4.39 Å². The summed E-state index contributed by atoms with van der Waals surface area (Å²) >= 11 is 0. The molecule has 0 aliphatic rings. The first-order chi connectivity index (χ1) is 9.17. The van der Waals surface area contributed by atoms with Crippen LogP contribution in [0.15, 0.2) is 36.7 Å². The van der Waals surface area contributed by atoms with Gasteiger partial charge < -0.3 is 5.32 Å². The molecule has 2 rings (SSSR count). The van der Waals surface area contributed by atoms with E-state index in [1.54, 1.807) is 12.3 Å². The fourth-order valence-electron chi connectivity index (χ4n) is 2.38. The predicted octanol–water partition coefficient (Wildman–Crippen LogP) is 3.40. The number of hydrogen-bond acceptors (Lipinski definition) is 2. The Morgan fingerprint density at radius 1 is 1.26 bits per heavy atom. The molecule has 0 aliphatic carbocycles. The van der Waals surface area contributed by atoms with Crippen molar-refractivity contribution in [2.45, 2.75) is 26.3 Å². The number of halogens is 1. The highest BCUT2D eigenvalue weighted by Crippen LogP contribution is 2.27. The molecular formula is C16H19FN2. The van der Waals surface area contributed by atoms with E-state index in [1.807, 2.05) is 32.3 Å². The van der Waals surface area contributed by atoms with Gasteiger partial charge in [0.05, 0.1) is 6.04 Å². The van der Waals surface area contributed by atoms with Gasteiger partial charge in [0, 0.05) is 18.0 Å². The third kappa shape index (κ3) is 2.82. The first-order valence-corrected chi connectivity index (χ1v) is 6.53. The van der Waals surface area contributed by atoms with Gasteiger partial charge in [-0.25, -0.2) is 4.39 Å². The van der Waals surface area contributed by atoms with Gasteiger partial charge in [0.15, 0.2) is 0 Å². The molecule has 0 spiro atoms. The molecule has 1 aromatic carbocycles. The summed E-state index contributed by atoms with van der Waals surface area (Å²) in [5.74, 6) is -0.177. The van der Waals surface area contributed by atoms with Gasteiger partial charge in [-0.05, 0) is 43.7 Å². The van der Waals surface area contributed by atoms with E-state index in [0.717, 1.165) is 23.1 Å². The molecule has 0 fully saturated rings. The van der Waals surface area contributed by atoms with E-state index in [-0.39, 0.29) is 11.9 Å². The minimum Gasteiger partial charge on any atom is -0.309 e. The van der Waals surface area contributed by atoms with Crippen molar-refractivity contribution in [2.24, 2.45) is 0 Å². The lowest BCUT2D eigenvalue weighted by molar-refractivity contribution is 0.573. The number of hydrogen-bond donors (Lipinski definition) is 1. The molecular weight excluding hydrogens is 239 g/mol.